The van der Waals surface area contributed by atoms with Gasteiger partial charge in [0.15, 0.2) is 0 Å². The first kappa shape index (κ1) is 33.7. The Balaban J connectivity index is 0.000000312. The molecule has 4 rings (SSSR count). The van der Waals surface area contributed by atoms with Crippen molar-refractivity contribution >= 4 is 39.6 Å². The third-order valence-electron chi connectivity index (χ3n) is 4.25. The van der Waals surface area contributed by atoms with E-state index < -0.39 is 22.1 Å². The first-order valence-electron chi connectivity index (χ1n) is 11.2. The van der Waals surface area contributed by atoms with Crippen molar-refractivity contribution in [2.75, 3.05) is 25.1 Å². The molecule has 9 N–H and O–H groups in total. The highest BCUT2D eigenvalue weighted by Crippen LogP contribution is 2.23. The maximum Gasteiger partial charge on any atom is 0.339 e. The number of nitrogens with one attached hydrogen (secondary N) is 2. The predicted octanol–water partition coefficient (Wildman–Crippen LogP) is 2.46. The molecule has 0 aliphatic heterocycles. The number of carboxylic acid groups (broad SMARTS) is 2. The Labute approximate surface area is 234 Å². The molecule has 3 aromatic carbocycles. The number of anilines is 3. The molecule has 0 saturated carbocycles. The minimum absolute atomic E-state index is 0.0461. The number of hydrogen-bond acceptors (Lipinski definition) is 12. The second-order valence-electron chi connectivity index (χ2n) is 7.44. The quantitative estimate of drug-likeness (QED) is 0.123. The van der Waals surface area contributed by atoms with Crippen molar-refractivity contribution in [2.45, 2.75) is 4.90 Å². The van der Waals surface area contributed by atoms with E-state index in [4.69, 9.17) is 25.6 Å². The van der Waals surface area contributed by atoms with Gasteiger partial charge in [0.25, 0.3) is 10.1 Å². The maximum atomic E-state index is 10.8. The van der Waals surface area contributed by atoms with Crippen molar-refractivity contribution in [1.29, 1.82) is 0 Å². The summed E-state index contributed by atoms with van der Waals surface area (Å²) in [5.74, 6) is -2.63. The van der Waals surface area contributed by atoms with Crippen LogP contribution in [0.2, 0.25) is 0 Å². The van der Waals surface area contributed by atoms with Gasteiger partial charge in [0.05, 0.1) is 4.90 Å². The minimum atomic E-state index is -4.00. The molecule has 0 unspecified atom stereocenters. The molecule has 0 bridgehead atoms. The van der Waals surface area contributed by atoms with Crippen LogP contribution in [-0.4, -0.2) is 74.4 Å². The summed E-state index contributed by atoms with van der Waals surface area (Å²) in [4.78, 5) is 32.3. The number of benzene rings is 3. The van der Waals surface area contributed by atoms with Crippen LogP contribution in [0.5, 0.6) is 11.5 Å². The molecule has 4 aromatic rings. The SMILES string of the molecule is CNC.Nc1ncnc(Nc2ccc(O)c(C(=O)O)c2)n1.O=C(O)c1ccccc1O.O=S(=O)(O)c1ccccc1. The maximum absolute atomic E-state index is 10.8. The van der Waals surface area contributed by atoms with E-state index in [1.165, 1.54) is 48.8 Å². The van der Waals surface area contributed by atoms with E-state index in [-0.39, 0.29) is 39.4 Å². The van der Waals surface area contributed by atoms with Gasteiger partial charge in [-0.05, 0) is 56.6 Å². The van der Waals surface area contributed by atoms with Crippen LogP contribution < -0.4 is 16.4 Å². The van der Waals surface area contributed by atoms with Crippen molar-refractivity contribution in [3.63, 3.8) is 0 Å². The fourth-order valence-electron chi connectivity index (χ4n) is 2.53. The average molecular weight is 589 g/mol. The molecule has 218 valence electrons. The Bertz CT molecular complexity index is 1540. The minimum Gasteiger partial charge on any atom is -0.507 e. The predicted molar refractivity (Wildman–Crippen MR) is 149 cm³/mol. The van der Waals surface area contributed by atoms with E-state index in [2.05, 4.69) is 25.6 Å². The van der Waals surface area contributed by atoms with Crippen LogP contribution in [-0.2, 0) is 10.1 Å². The molecule has 0 aliphatic carbocycles. The summed E-state index contributed by atoms with van der Waals surface area (Å²) >= 11 is 0. The van der Waals surface area contributed by atoms with E-state index >= 15 is 0 Å². The number of aromatic hydroxyl groups is 2. The topological polar surface area (TPSA) is 258 Å². The molecule has 0 saturated heterocycles. The van der Waals surface area contributed by atoms with Gasteiger partial charge in [-0.3, -0.25) is 4.55 Å². The van der Waals surface area contributed by atoms with Crippen LogP contribution in [0.3, 0.4) is 0 Å². The number of carboxylic acids is 2. The molecule has 15 nitrogen and oxygen atoms in total. The number of para-hydroxylation sites is 1. The summed E-state index contributed by atoms with van der Waals surface area (Å²) < 4.78 is 29.2. The second kappa shape index (κ2) is 16.6. The smallest absolute Gasteiger partial charge is 0.339 e. The normalized spacial score (nSPS) is 9.83. The molecule has 0 fully saturated rings. The van der Waals surface area contributed by atoms with Crippen LogP contribution >= 0.6 is 0 Å². The Hall–Kier alpha value is -5.32. The van der Waals surface area contributed by atoms with E-state index in [0.717, 1.165) is 0 Å². The summed E-state index contributed by atoms with van der Waals surface area (Å²) in [6, 6.07) is 17.2. The van der Waals surface area contributed by atoms with Gasteiger partial charge in [0.2, 0.25) is 11.9 Å². The van der Waals surface area contributed by atoms with E-state index in [1.54, 1.807) is 30.3 Å². The number of hydrogen-bond donors (Lipinski definition) is 8. The number of nitrogen functional groups attached to an aromatic ring is 1. The summed E-state index contributed by atoms with van der Waals surface area (Å²) in [5.41, 5.74) is 5.50. The van der Waals surface area contributed by atoms with Gasteiger partial charge in [-0.1, -0.05) is 30.3 Å². The molecule has 41 heavy (non-hydrogen) atoms. The third kappa shape index (κ3) is 12.4. The molecule has 0 aliphatic rings. The first-order valence-corrected chi connectivity index (χ1v) is 12.6. The van der Waals surface area contributed by atoms with E-state index in [1.807, 2.05) is 14.1 Å². The zero-order valence-electron chi connectivity index (χ0n) is 21.7. The van der Waals surface area contributed by atoms with Crippen LogP contribution in [0.1, 0.15) is 20.7 Å². The second-order valence-corrected chi connectivity index (χ2v) is 8.86. The number of aromatic carboxylic acids is 2. The number of phenols is 2. The van der Waals surface area contributed by atoms with Gasteiger partial charge in [-0.25, -0.2) is 19.6 Å². The highest BCUT2D eigenvalue weighted by Gasteiger charge is 2.11. The largest absolute Gasteiger partial charge is 0.507 e. The Morgan fingerprint density at radius 2 is 1.34 bits per heavy atom. The molecule has 0 spiro atoms. The Morgan fingerprint density at radius 1 is 0.805 bits per heavy atom. The van der Waals surface area contributed by atoms with Gasteiger partial charge < -0.3 is 36.8 Å². The lowest BCUT2D eigenvalue weighted by molar-refractivity contribution is 0.0682. The third-order valence-corrected chi connectivity index (χ3v) is 5.12. The number of nitrogens with zero attached hydrogens (tertiary/aromatic N) is 3. The van der Waals surface area contributed by atoms with E-state index in [9.17, 15) is 23.1 Å². The highest BCUT2D eigenvalue weighted by atomic mass is 32.2. The molecular formula is C25H28N6O9S. The van der Waals surface area contributed by atoms with Gasteiger partial charge in [0.1, 0.15) is 29.0 Å². The molecule has 1 aromatic heterocycles. The monoisotopic (exact) mass is 588 g/mol. The summed E-state index contributed by atoms with van der Waals surface area (Å²) in [7, 11) is -0.253. The zero-order valence-corrected chi connectivity index (χ0v) is 22.5. The van der Waals surface area contributed by atoms with Crippen LogP contribution in [0, 0.1) is 0 Å². The standard InChI is InChI=1S/C10H9N5O3.C7H6O3.C6H6O3S.C2H7N/c11-9-12-4-13-10(15-9)14-5-1-2-7(16)6(3-5)8(17)18;8-6-4-2-1-3-5(6)7(9)10;7-10(8,9)6-4-2-1-3-5-6;1-3-2/h1-4,16H,(H,17,18)(H3,11,12,13,14,15);1-4,8H,(H,9,10);1-5H,(H,7,8,9);3H,1-2H3. The van der Waals surface area contributed by atoms with Crippen molar-refractivity contribution in [3.8, 4) is 11.5 Å². The molecule has 16 heteroatoms. The molecule has 0 atom stereocenters. The molecule has 0 radical (unpaired) electrons. The summed E-state index contributed by atoms with van der Waals surface area (Å²) in [6.45, 7) is 0. The van der Waals surface area contributed by atoms with Crippen molar-refractivity contribution < 1.29 is 43.0 Å². The van der Waals surface area contributed by atoms with Crippen LogP contribution in [0.15, 0.2) is 84.0 Å². The lowest BCUT2D eigenvalue weighted by atomic mass is 10.2. The average Bonchev–Trinajstić information content (AvgIpc) is 2.91. The first-order chi connectivity index (χ1) is 19.3. The number of rotatable bonds is 5. The zero-order chi connectivity index (χ0) is 31.0. The molecule has 1 heterocycles. The van der Waals surface area contributed by atoms with Crippen molar-refractivity contribution in [1.82, 2.24) is 20.3 Å². The van der Waals surface area contributed by atoms with E-state index in [0.29, 0.717) is 5.69 Å². The Morgan fingerprint density at radius 3 is 1.80 bits per heavy atom. The van der Waals surface area contributed by atoms with Gasteiger partial charge in [-0.15, -0.1) is 0 Å². The number of aromatic nitrogens is 3. The lowest BCUT2D eigenvalue weighted by Gasteiger charge is -2.06. The number of nitrogens with two attached hydrogens (primary N) is 1. The van der Waals surface area contributed by atoms with Gasteiger partial charge >= 0.3 is 11.9 Å². The lowest BCUT2D eigenvalue weighted by Crippen LogP contribution is -2.03. The highest BCUT2D eigenvalue weighted by molar-refractivity contribution is 7.85. The summed E-state index contributed by atoms with van der Waals surface area (Å²) in [6.07, 6.45) is 1.23. The van der Waals surface area contributed by atoms with Gasteiger partial charge in [-0.2, -0.15) is 13.4 Å². The van der Waals surface area contributed by atoms with Crippen LogP contribution in [0.25, 0.3) is 0 Å². The van der Waals surface area contributed by atoms with Crippen molar-refractivity contribution in [3.05, 3.63) is 90.3 Å². The van der Waals surface area contributed by atoms with Crippen LogP contribution in [0.4, 0.5) is 17.6 Å². The fourth-order valence-corrected chi connectivity index (χ4v) is 3.03. The number of carbonyl (C=O) groups is 2. The van der Waals surface area contributed by atoms with Crippen molar-refractivity contribution in [2.24, 2.45) is 0 Å². The molecule has 0 amide bonds. The molecular weight excluding hydrogens is 560 g/mol. The Kier molecular flexibility index (Phi) is 13.6. The fraction of sp³-hybridized carbons (Fsp3) is 0.0800. The van der Waals surface area contributed by atoms with Gasteiger partial charge in [0, 0.05) is 5.69 Å². The summed E-state index contributed by atoms with van der Waals surface area (Å²) in [5, 5.41) is 41.0.